The van der Waals surface area contributed by atoms with Crippen molar-refractivity contribution >= 4 is 28.3 Å². The second-order valence-corrected chi connectivity index (χ2v) is 5.86. The summed E-state index contributed by atoms with van der Waals surface area (Å²) in [6, 6.07) is 13.0. The summed E-state index contributed by atoms with van der Waals surface area (Å²) in [7, 11) is 0. The van der Waals surface area contributed by atoms with E-state index >= 15 is 0 Å². The minimum Gasteiger partial charge on any atom is -0.485 e. The van der Waals surface area contributed by atoms with Crippen molar-refractivity contribution in [1.82, 2.24) is 20.2 Å². The number of hydrogen-bond donors (Lipinski definition) is 2. The zero-order valence-electron chi connectivity index (χ0n) is 13.1. The van der Waals surface area contributed by atoms with Crippen molar-refractivity contribution in [3.05, 3.63) is 65.6 Å². The number of nitrogens with two attached hydrogens (primary N) is 1. The van der Waals surface area contributed by atoms with Gasteiger partial charge in [-0.1, -0.05) is 17.7 Å². The van der Waals surface area contributed by atoms with Gasteiger partial charge in [0.15, 0.2) is 5.82 Å². The minimum absolute atomic E-state index is 0.328. The van der Waals surface area contributed by atoms with E-state index in [2.05, 4.69) is 20.2 Å². The average molecular weight is 352 g/mol. The topological polar surface area (TPSA) is 89.7 Å². The number of pyridine rings is 2. The summed E-state index contributed by atoms with van der Waals surface area (Å²) >= 11 is 6.28. The SMILES string of the molecule is Nc1n[nH]c2c(OCc3ccccn3)cc(-c3ncccc3Cl)cc12. The van der Waals surface area contributed by atoms with E-state index in [0.29, 0.717) is 28.9 Å². The van der Waals surface area contributed by atoms with Crippen LogP contribution >= 0.6 is 11.6 Å². The van der Waals surface area contributed by atoms with E-state index in [1.54, 1.807) is 24.5 Å². The molecule has 4 aromatic rings. The van der Waals surface area contributed by atoms with Crippen LogP contribution in [0.25, 0.3) is 22.2 Å². The first-order valence-electron chi connectivity index (χ1n) is 7.63. The molecule has 3 aromatic heterocycles. The molecule has 0 spiro atoms. The number of nitrogen functional groups attached to an aromatic ring is 1. The quantitative estimate of drug-likeness (QED) is 0.583. The van der Waals surface area contributed by atoms with Crippen LogP contribution in [-0.2, 0) is 6.61 Å². The lowest BCUT2D eigenvalue weighted by atomic mass is 10.1. The largest absolute Gasteiger partial charge is 0.485 e. The van der Waals surface area contributed by atoms with E-state index in [1.807, 2.05) is 30.3 Å². The van der Waals surface area contributed by atoms with Crippen LogP contribution in [0.4, 0.5) is 5.82 Å². The fraction of sp³-hybridized carbons (Fsp3) is 0.0556. The molecular weight excluding hydrogens is 338 g/mol. The Morgan fingerprint density at radius 2 is 1.96 bits per heavy atom. The van der Waals surface area contributed by atoms with Crippen LogP contribution in [0.5, 0.6) is 5.75 Å². The number of nitrogens with zero attached hydrogens (tertiary/aromatic N) is 3. The smallest absolute Gasteiger partial charge is 0.153 e. The second kappa shape index (κ2) is 6.41. The fourth-order valence-corrected chi connectivity index (χ4v) is 2.82. The van der Waals surface area contributed by atoms with Gasteiger partial charge in [0.2, 0.25) is 0 Å². The first-order valence-corrected chi connectivity index (χ1v) is 8.01. The number of aromatic amines is 1. The Balaban J connectivity index is 1.78. The van der Waals surface area contributed by atoms with Gasteiger partial charge in [0.25, 0.3) is 0 Å². The van der Waals surface area contributed by atoms with Gasteiger partial charge in [-0.3, -0.25) is 15.1 Å². The van der Waals surface area contributed by atoms with Gasteiger partial charge in [-0.2, -0.15) is 5.10 Å². The zero-order valence-corrected chi connectivity index (χ0v) is 13.9. The lowest BCUT2D eigenvalue weighted by molar-refractivity contribution is 0.304. The molecule has 0 aliphatic rings. The number of fused-ring (bicyclic) bond motifs is 1. The molecule has 124 valence electrons. The Morgan fingerprint density at radius 1 is 1.08 bits per heavy atom. The van der Waals surface area contributed by atoms with Crippen molar-refractivity contribution < 1.29 is 4.74 Å². The number of rotatable bonds is 4. The summed E-state index contributed by atoms with van der Waals surface area (Å²) in [6.07, 6.45) is 3.42. The summed E-state index contributed by atoms with van der Waals surface area (Å²) in [5, 5.41) is 8.30. The van der Waals surface area contributed by atoms with Crippen LogP contribution < -0.4 is 10.5 Å². The predicted molar refractivity (Wildman–Crippen MR) is 97.3 cm³/mol. The summed E-state index contributed by atoms with van der Waals surface area (Å²) < 4.78 is 5.96. The molecule has 25 heavy (non-hydrogen) atoms. The lowest BCUT2D eigenvalue weighted by Gasteiger charge is -2.10. The van der Waals surface area contributed by atoms with Crippen LogP contribution in [0.3, 0.4) is 0 Å². The minimum atomic E-state index is 0.328. The highest BCUT2D eigenvalue weighted by Gasteiger charge is 2.14. The number of anilines is 1. The van der Waals surface area contributed by atoms with E-state index in [4.69, 9.17) is 22.1 Å². The number of nitrogens with one attached hydrogen (secondary N) is 1. The molecule has 3 heterocycles. The van der Waals surface area contributed by atoms with E-state index in [9.17, 15) is 0 Å². The van der Waals surface area contributed by atoms with Crippen LogP contribution in [-0.4, -0.2) is 20.2 Å². The monoisotopic (exact) mass is 351 g/mol. The van der Waals surface area contributed by atoms with Crippen LogP contribution in [0, 0.1) is 0 Å². The number of H-pyrrole nitrogens is 1. The number of benzene rings is 1. The van der Waals surface area contributed by atoms with Crippen molar-refractivity contribution in [2.24, 2.45) is 0 Å². The summed E-state index contributed by atoms with van der Waals surface area (Å²) in [4.78, 5) is 8.62. The summed E-state index contributed by atoms with van der Waals surface area (Å²) in [6.45, 7) is 0.328. The summed E-state index contributed by atoms with van der Waals surface area (Å²) in [5.41, 5.74) is 8.99. The first kappa shape index (κ1) is 15.4. The maximum Gasteiger partial charge on any atom is 0.153 e. The molecule has 0 radical (unpaired) electrons. The lowest BCUT2D eigenvalue weighted by Crippen LogP contribution is -1.99. The van der Waals surface area contributed by atoms with Crippen molar-refractivity contribution in [2.45, 2.75) is 6.61 Å². The van der Waals surface area contributed by atoms with Crippen molar-refractivity contribution in [3.63, 3.8) is 0 Å². The van der Waals surface area contributed by atoms with Crippen LogP contribution in [0.1, 0.15) is 5.69 Å². The molecule has 0 saturated carbocycles. The normalized spacial score (nSPS) is 10.9. The molecule has 0 amide bonds. The van der Waals surface area contributed by atoms with Gasteiger partial charge >= 0.3 is 0 Å². The standard InChI is InChI=1S/C18H14ClN5O/c19-14-5-3-7-22-16(14)11-8-13-17(23-24-18(13)20)15(9-11)25-10-12-4-1-2-6-21-12/h1-9H,10H2,(H3,20,23,24). The van der Waals surface area contributed by atoms with Gasteiger partial charge in [0, 0.05) is 23.3 Å². The highest BCUT2D eigenvalue weighted by atomic mass is 35.5. The average Bonchev–Trinajstić information content (AvgIpc) is 3.02. The molecular formula is C18H14ClN5O. The highest BCUT2D eigenvalue weighted by Crippen LogP contribution is 2.35. The molecule has 0 unspecified atom stereocenters. The molecule has 0 bridgehead atoms. The third-order valence-electron chi connectivity index (χ3n) is 3.80. The third kappa shape index (κ3) is 2.99. The van der Waals surface area contributed by atoms with Gasteiger partial charge in [0.05, 0.1) is 16.4 Å². The van der Waals surface area contributed by atoms with Crippen molar-refractivity contribution in [3.8, 4) is 17.0 Å². The van der Waals surface area contributed by atoms with Crippen molar-refractivity contribution in [2.75, 3.05) is 5.73 Å². The Hall–Kier alpha value is -3.12. The molecule has 0 aliphatic heterocycles. The Bertz CT molecular complexity index is 1030. The fourth-order valence-electron chi connectivity index (χ4n) is 2.59. The van der Waals surface area contributed by atoms with E-state index < -0.39 is 0 Å². The van der Waals surface area contributed by atoms with Gasteiger partial charge in [0.1, 0.15) is 17.9 Å². The summed E-state index contributed by atoms with van der Waals surface area (Å²) in [5.74, 6) is 1.01. The number of ether oxygens (including phenoxy) is 1. The van der Waals surface area contributed by atoms with E-state index in [0.717, 1.165) is 22.2 Å². The van der Waals surface area contributed by atoms with E-state index in [1.165, 1.54) is 0 Å². The third-order valence-corrected chi connectivity index (χ3v) is 4.10. The zero-order chi connectivity index (χ0) is 17.2. The number of halogens is 1. The number of hydrogen-bond acceptors (Lipinski definition) is 5. The molecule has 0 fully saturated rings. The molecule has 3 N–H and O–H groups in total. The Labute approximate surface area is 148 Å². The molecule has 0 saturated heterocycles. The molecule has 6 nitrogen and oxygen atoms in total. The van der Waals surface area contributed by atoms with Gasteiger partial charge in [-0.15, -0.1) is 0 Å². The maximum absolute atomic E-state index is 6.28. The molecule has 0 atom stereocenters. The van der Waals surface area contributed by atoms with Gasteiger partial charge < -0.3 is 10.5 Å². The molecule has 1 aromatic carbocycles. The highest BCUT2D eigenvalue weighted by molar-refractivity contribution is 6.33. The van der Waals surface area contributed by atoms with E-state index in [-0.39, 0.29) is 0 Å². The Morgan fingerprint density at radius 3 is 2.76 bits per heavy atom. The molecule has 0 aliphatic carbocycles. The van der Waals surface area contributed by atoms with Gasteiger partial charge in [-0.25, -0.2) is 0 Å². The molecule has 7 heteroatoms. The predicted octanol–water partition coefficient (Wildman–Crippen LogP) is 3.83. The number of aromatic nitrogens is 4. The Kier molecular flexibility index (Phi) is 3.95. The first-order chi connectivity index (χ1) is 12.2. The maximum atomic E-state index is 6.28. The molecule has 4 rings (SSSR count). The second-order valence-electron chi connectivity index (χ2n) is 5.45. The van der Waals surface area contributed by atoms with Crippen molar-refractivity contribution in [1.29, 1.82) is 0 Å². The van der Waals surface area contributed by atoms with Crippen LogP contribution in [0.15, 0.2) is 54.9 Å². The van der Waals surface area contributed by atoms with Crippen LogP contribution in [0.2, 0.25) is 5.02 Å². The van der Waals surface area contributed by atoms with Gasteiger partial charge in [-0.05, 0) is 36.4 Å².